The Labute approximate surface area is 214 Å². The van der Waals surface area contributed by atoms with Crippen molar-refractivity contribution in [2.75, 3.05) is 26.3 Å². The van der Waals surface area contributed by atoms with Crippen LogP contribution in [0.3, 0.4) is 0 Å². The number of thiazole rings is 1. The van der Waals surface area contributed by atoms with E-state index in [9.17, 15) is 8.42 Å². The van der Waals surface area contributed by atoms with Gasteiger partial charge < -0.3 is 14.0 Å². The van der Waals surface area contributed by atoms with Gasteiger partial charge >= 0.3 is 0 Å². The molecule has 2 heterocycles. The van der Waals surface area contributed by atoms with Crippen LogP contribution in [0.25, 0.3) is 11.3 Å². The summed E-state index contributed by atoms with van der Waals surface area (Å²) >= 11 is 1.55. The minimum absolute atomic E-state index is 0.300. The van der Waals surface area contributed by atoms with Crippen LogP contribution in [0.15, 0.2) is 94.1 Å². The summed E-state index contributed by atoms with van der Waals surface area (Å²) in [7, 11) is -3.52. The fraction of sp³-hybridized carbons (Fsp3) is 0.222. The van der Waals surface area contributed by atoms with E-state index < -0.39 is 10.0 Å². The Kier molecular flexibility index (Phi) is 7.33. The zero-order chi connectivity index (χ0) is 25.0. The van der Waals surface area contributed by atoms with Gasteiger partial charge in [0.25, 0.3) is 0 Å². The summed E-state index contributed by atoms with van der Waals surface area (Å²) in [6.07, 6.45) is 0. The highest BCUT2D eigenvalue weighted by Gasteiger charge is 2.26. The second-order valence-electron chi connectivity index (χ2n) is 8.21. The van der Waals surface area contributed by atoms with Crippen molar-refractivity contribution in [3.05, 3.63) is 89.0 Å². The molecule has 7 nitrogen and oxygen atoms in total. The van der Waals surface area contributed by atoms with E-state index in [0.717, 1.165) is 39.8 Å². The van der Waals surface area contributed by atoms with Gasteiger partial charge in [0.15, 0.2) is 4.80 Å². The number of rotatable bonds is 7. The Balaban J connectivity index is 1.37. The number of nitrogens with zero attached hydrogens (tertiary/aromatic N) is 3. The van der Waals surface area contributed by atoms with Gasteiger partial charge in [-0.2, -0.15) is 4.31 Å². The third-order valence-electron chi connectivity index (χ3n) is 5.91. The standard InChI is InChI=1S/C27H27N3O4S2/c1-2-30-26(21-8-14-25(15-9-21)36(31,32)29-16-18-33-19-17-29)20-35-27(30)28-22-10-12-24(13-11-22)34-23-6-4-3-5-7-23/h3-15,20H,2,16-19H2,1H3. The smallest absolute Gasteiger partial charge is 0.243 e. The van der Waals surface area contributed by atoms with E-state index in [2.05, 4.69) is 16.9 Å². The van der Waals surface area contributed by atoms with Gasteiger partial charge in [0.1, 0.15) is 11.5 Å². The molecule has 0 unspecified atom stereocenters. The minimum atomic E-state index is -3.52. The van der Waals surface area contributed by atoms with Crippen molar-refractivity contribution in [3.63, 3.8) is 0 Å². The molecule has 4 aromatic rings. The molecule has 0 aliphatic carbocycles. The molecule has 36 heavy (non-hydrogen) atoms. The third kappa shape index (κ3) is 5.29. The highest BCUT2D eigenvalue weighted by molar-refractivity contribution is 7.89. The molecule has 0 bridgehead atoms. The monoisotopic (exact) mass is 521 g/mol. The molecule has 186 valence electrons. The molecule has 0 radical (unpaired) electrons. The van der Waals surface area contributed by atoms with Crippen LogP contribution in [0.1, 0.15) is 6.92 Å². The van der Waals surface area contributed by atoms with Crippen molar-refractivity contribution in [2.45, 2.75) is 18.4 Å². The Bertz CT molecular complexity index is 1470. The predicted molar refractivity (Wildman–Crippen MR) is 141 cm³/mol. The number of hydrogen-bond donors (Lipinski definition) is 0. The van der Waals surface area contributed by atoms with Gasteiger partial charge in [-0.1, -0.05) is 30.3 Å². The van der Waals surface area contributed by atoms with Crippen molar-refractivity contribution in [3.8, 4) is 22.8 Å². The SMILES string of the molecule is CCn1c(-c2ccc(S(=O)(=O)N3CCOCC3)cc2)csc1=Nc1ccc(Oc2ccccc2)cc1. The molecule has 9 heteroatoms. The number of morpholine rings is 1. The van der Waals surface area contributed by atoms with E-state index in [-0.39, 0.29) is 0 Å². The number of sulfonamides is 1. The summed E-state index contributed by atoms with van der Waals surface area (Å²) < 4.78 is 40.6. The van der Waals surface area contributed by atoms with Crippen molar-refractivity contribution >= 4 is 27.0 Å². The summed E-state index contributed by atoms with van der Waals surface area (Å²) in [4.78, 5) is 6.01. The summed E-state index contributed by atoms with van der Waals surface area (Å²) in [5, 5.41) is 2.06. The van der Waals surface area contributed by atoms with E-state index in [4.69, 9.17) is 14.5 Å². The van der Waals surface area contributed by atoms with Gasteiger partial charge in [0, 0.05) is 25.0 Å². The lowest BCUT2D eigenvalue weighted by Crippen LogP contribution is -2.40. The van der Waals surface area contributed by atoms with E-state index in [1.54, 1.807) is 23.5 Å². The third-order valence-corrected chi connectivity index (χ3v) is 8.69. The first-order chi connectivity index (χ1) is 17.5. The molecule has 0 spiro atoms. The number of aromatic nitrogens is 1. The lowest BCUT2D eigenvalue weighted by Gasteiger charge is -2.26. The summed E-state index contributed by atoms with van der Waals surface area (Å²) in [5.41, 5.74) is 2.78. The topological polar surface area (TPSA) is 73.1 Å². The van der Waals surface area contributed by atoms with Gasteiger partial charge in [0.05, 0.1) is 29.5 Å². The lowest BCUT2D eigenvalue weighted by molar-refractivity contribution is 0.0730. The van der Waals surface area contributed by atoms with E-state index in [1.807, 2.05) is 66.7 Å². The number of benzene rings is 3. The van der Waals surface area contributed by atoms with Crippen LogP contribution in [-0.4, -0.2) is 43.6 Å². The minimum Gasteiger partial charge on any atom is -0.457 e. The average molecular weight is 522 g/mol. The van der Waals surface area contributed by atoms with E-state index in [0.29, 0.717) is 31.2 Å². The first-order valence-corrected chi connectivity index (χ1v) is 14.1. The number of ether oxygens (including phenoxy) is 2. The maximum absolute atomic E-state index is 12.9. The molecule has 1 aromatic heterocycles. The molecule has 0 saturated carbocycles. The normalized spacial score (nSPS) is 15.2. The van der Waals surface area contributed by atoms with Gasteiger partial charge in [-0.15, -0.1) is 11.3 Å². The quantitative estimate of drug-likeness (QED) is 0.332. The second kappa shape index (κ2) is 10.8. The summed E-state index contributed by atoms with van der Waals surface area (Å²) in [6.45, 7) is 4.43. The first-order valence-electron chi connectivity index (χ1n) is 11.8. The van der Waals surface area contributed by atoms with E-state index >= 15 is 0 Å². The zero-order valence-electron chi connectivity index (χ0n) is 19.9. The van der Waals surface area contributed by atoms with Crippen LogP contribution in [0.2, 0.25) is 0 Å². The molecule has 1 aliphatic rings. The van der Waals surface area contributed by atoms with Crippen molar-refractivity contribution in [1.29, 1.82) is 0 Å². The molecule has 1 aliphatic heterocycles. The fourth-order valence-electron chi connectivity index (χ4n) is 4.01. The van der Waals surface area contributed by atoms with Gasteiger partial charge in [0.2, 0.25) is 10.0 Å². The molecular weight excluding hydrogens is 494 g/mol. The van der Waals surface area contributed by atoms with Gasteiger partial charge in [-0.05, 0) is 61.0 Å². The lowest BCUT2D eigenvalue weighted by atomic mass is 10.2. The molecule has 0 N–H and O–H groups in total. The van der Waals surface area contributed by atoms with E-state index in [1.165, 1.54) is 4.31 Å². The van der Waals surface area contributed by atoms with Crippen molar-refractivity contribution in [1.82, 2.24) is 8.87 Å². The predicted octanol–water partition coefficient (Wildman–Crippen LogP) is 5.28. The number of hydrogen-bond acceptors (Lipinski definition) is 6. The average Bonchev–Trinajstić information content (AvgIpc) is 3.33. The Morgan fingerprint density at radius 2 is 1.58 bits per heavy atom. The zero-order valence-corrected chi connectivity index (χ0v) is 21.5. The molecule has 3 aromatic carbocycles. The first kappa shape index (κ1) is 24.5. The maximum atomic E-state index is 12.9. The van der Waals surface area contributed by atoms with Crippen molar-refractivity contribution < 1.29 is 17.9 Å². The van der Waals surface area contributed by atoms with Crippen LogP contribution in [0.4, 0.5) is 5.69 Å². The maximum Gasteiger partial charge on any atom is 0.243 e. The molecule has 0 amide bonds. The van der Waals surface area contributed by atoms with Crippen LogP contribution >= 0.6 is 11.3 Å². The fourth-order valence-corrected chi connectivity index (χ4v) is 6.41. The van der Waals surface area contributed by atoms with Crippen molar-refractivity contribution in [2.24, 2.45) is 4.99 Å². The van der Waals surface area contributed by atoms with Gasteiger partial charge in [-0.25, -0.2) is 13.4 Å². The summed E-state index contributed by atoms with van der Waals surface area (Å²) in [5.74, 6) is 1.54. The van der Waals surface area contributed by atoms with Crippen LogP contribution in [0.5, 0.6) is 11.5 Å². The van der Waals surface area contributed by atoms with Crippen LogP contribution < -0.4 is 9.54 Å². The Morgan fingerprint density at radius 1 is 0.917 bits per heavy atom. The number of para-hydroxylation sites is 1. The van der Waals surface area contributed by atoms with Gasteiger partial charge in [-0.3, -0.25) is 0 Å². The van der Waals surface area contributed by atoms with Crippen LogP contribution in [0, 0.1) is 0 Å². The molecule has 1 saturated heterocycles. The van der Waals surface area contributed by atoms with Crippen LogP contribution in [-0.2, 0) is 21.3 Å². The highest BCUT2D eigenvalue weighted by atomic mass is 32.2. The molecular formula is C27H27N3O4S2. The molecule has 0 atom stereocenters. The largest absolute Gasteiger partial charge is 0.457 e. The molecule has 1 fully saturated rings. The highest BCUT2D eigenvalue weighted by Crippen LogP contribution is 2.26. The Morgan fingerprint density at radius 3 is 2.25 bits per heavy atom. The summed E-state index contributed by atoms with van der Waals surface area (Å²) in [6, 6.07) is 24.4. The molecule has 5 rings (SSSR count). The second-order valence-corrected chi connectivity index (χ2v) is 11.0. The Hall–Kier alpha value is -3.24.